The fraction of sp³-hybridized carbons (Fsp3) is 0.474. The largest absolute Gasteiger partial charge is 0.543 e. The number of aryl methyl sites for hydroxylation is 1. The van der Waals surface area contributed by atoms with E-state index in [0.29, 0.717) is 5.39 Å². The number of halogens is 3. The first kappa shape index (κ1) is 21.6. The highest BCUT2D eigenvalue weighted by Gasteiger charge is 2.33. The smallest absolute Gasteiger partial charge is 0.416 e. The molecule has 0 aliphatic rings. The summed E-state index contributed by atoms with van der Waals surface area (Å²) < 4.78 is 46.2. The van der Waals surface area contributed by atoms with E-state index >= 15 is 0 Å². The fourth-order valence-corrected chi connectivity index (χ4v) is 2.96. The number of aromatic carboxylic acids is 1. The molecule has 6 nitrogen and oxygen atoms in total. The zero-order valence-electron chi connectivity index (χ0n) is 16.2. The Bertz CT molecular complexity index is 911. The van der Waals surface area contributed by atoms with Gasteiger partial charge in [-0.15, -0.1) is 0 Å². The maximum atomic E-state index is 13.3. The molecular weight excluding hydrogens is 377 g/mol. The molecule has 154 valence electrons. The molecule has 2 aromatic rings. The Hall–Kier alpha value is -2.71. The maximum absolute atomic E-state index is 13.3. The van der Waals surface area contributed by atoms with Crippen molar-refractivity contribution >= 4 is 23.0 Å². The van der Waals surface area contributed by atoms with Crippen LogP contribution in [0.3, 0.4) is 0 Å². The van der Waals surface area contributed by atoms with Crippen molar-refractivity contribution < 1.29 is 32.6 Å². The number of nitrogens with zero attached hydrogens (tertiary/aromatic N) is 1. The van der Waals surface area contributed by atoms with E-state index in [1.54, 1.807) is 27.7 Å². The highest BCUT2D eigenvalue weighted by atomic mass is 19.4. The minimum absolute atomic E-state index is 0.0124. The van der Waals surface area contributed by atoms with Gasteiger partial charge in [0.2, 0.25) is 0 Å². The fourth-order valence-electron chi connectivity index (χ4n) is 2.96. The van der Waals surface area contributed by atoms with Gasteiger partial charge in [-0.05, 0) is 58.4 Å². The van der Waals surface area contributed by atoms with Crippen molar-refractivity contribution in [2.75, 3.05) is 6.54 Å². The molecule has 0 bridgehead atoms. The Morgan fingerprint density at radius 3 is 2.32 bits per heavy atom. The monoisotopic (exact) mass is 399 g/mol. The van der Waals surface area contributed by atoms with Crippen molar-refractivity contribution in [3.8, 4) is 0 Å². The van der Waals surface area contributed by atoms with Crippen LogP contribution in [-0.2, 0) is 10.9 Å². The van der Waals surface area contributed by atoms with Crippen LogP contribution in [0.25, 0.3) is 10.9 Å². The zero-order valence-corrected chi connectivity index (χ0v) is 16.2. The Morgan fingerprint density at radius 2 is 1.82 bits per heavy atom. The molecule has 1 heterocycles. The van der Waals surface area contributed by atoms with Gasteiger partial charge in [-0.2, -0.15) is 13.2 Å². The number of nitrogens with one attached hydrogen (secondary N) is 1. The second-order valence-electron chi connectivity index (χ2n) is 7.64. The van der Waals surface area contributed by atoms with Gasteiger partial charge in [0, 0.05) is 23.5 Å². The standard InChI is InChI=1S/C19H23F3N2O4/c1-10-6-12-7-15(16(25)26)24(14(12)8-13(10)19(20,21)22)11(2)9-23-17(27)28-18(3,4)5/h6-8,11H,9H2,1-5H3,(H,23,27)(H,25,26)/p-1/t11-/m1/s1. The summed E-state index contributed by atoms with van der Waals surface area (Å²) in [6.07, 6.45) is -5.29. The minimum atomic E-state index is -4.58. The van der Waals surface area contributed by atoms with E-state index < -0.39 is 35.4 Å². The number of ether oxygens (including phenoxy) is 1. The van der Waals surface area contributed by atoms with Gasteiger partial charge < -0.3 is 24.5 Å². The number of carboxylic acid groups (broad SMARTS) is 1. The number of benzene rings is 1. The summed E-state index contributed by atoms with van der Waals surface area (Å²) in [4.78, 5) is 23.3. The molecule has 9 heteroatoms. The summed E-state index contributed by atoms with van der Waals surface area (Å²) in [5.41, 5.74) is -1.76. The van der Waals surface area contributed by atoms with E-state index in [4.69, 9.17) is 4.74 Å². The number of amides is 1. The summed E-state index contributed by atoms with van der Waals surface area (Å²) in [5, 5.41) is 14.4. The van der Waals surface area contributed by atoms with Crippen LogP contribution in [0, 0.1) is 6.92 Å². The second-order valence-corrected chi connectivity index (χ2v) is 7.64. The van der Waals surface area contributed by atoms with Gasteiger partial charge in [0.05, 0.1) is 17.2 Å². The van der Waals surface area contributed by atoms with Gasteiger partial charge in [0.15, 0.2) is 0 Å². The highest BCUT2D eigenvalue weighted by molar-refractivity contribution is 5.94. The molecule has 0 fully saturated rings. The number of hydrogen-bond donors (Lipinski definition) is 1. The van der Waals surface area contributed by atoms with E-state index in [1.165, 1.54) is 23.6 Å². The Kier molecular flexibility index (Phi) is 5.68. The van der Waals surface area contributed by atoms with Crippen molar-refractivity contribution in [3.05, 3.63) is 35.0 Å². The molecule has 1 aromatic carbocycles. The lowest BCUT2D eigenvalue weighted by Gasteiger charge is -2.23. The van der Waals surface area contributed by atoms with Crippen LogP contribution in [-0.4, -0.2) is 28.8 Å². The lowest BCUT2D eigenvalue weighted by atomic mass is 10.1. The van der Waals surface area contributed by atoms with Crippen molar-refractivity contribution in [3.63, 3.8) is 0 Å². The molecule has 1 amide bonds. The number of alkyl carbamates (subject to hydrolysis) is 1. The quantitative estimate of drug-likeness (QED) is 0.854. The van der Waals surface area contributed by atoms with Gasteiger partial charge >= 0.3 is 12.3 Å². The van der Waals surface area contributed by atoms with Gasteiger partial charge in [-0.1, -0.05) is 0 Å². The SMILES string of the molecule is Cc1cc2cc(C(=O)[O-])n([C@H](C)CNC(=O)OC(C)(C)C)c2cc1C(F)(F)F. The molecule has 0 saturated heterocycles. The number of carbonyl (C=O) groups is 2. The van der Waals surface area contributed by atoms with Crippen LogP contribution in [0.2, 0.25) is 0 Å². The van der Waals surface area contributed by atoms with Gasteiger partial charge in [0.1, 0.15) is 5.60 Å². The van der Waals surface area contributed by atoms with Crippen LogP contribution in [0.5, 0.6) is 0 Å². The molecule has 0 radical (unpaired) electrons. The first-order valence-corrected chi connectivity index (χ1v) is 8.61. The molecule has 2 rings (SSSR count). The summed E-state index contributed by atoms with van der Waals surface area (Å²) in [7, 11) is 0. The molecule has 0 unspecified atom stereocenters. The Labute approximate surface area is 160 Å². The number of carboxylic acids is 1. The molecule has 1 N–H and O–H groups in total. The Balaban J connectivity index is 2.44. The van der Waals surface area contributed by atoms with E-state index in [1.807, 2.05) is 0 Å². The highest BCUT2D eigenvalue weighted by Crippen LogP contribution is 2.36. The molecule has 0 aliphatic heterocycles. The normalized spacial score (nSPS) is 13.4. The van der Waals surface area contributed by atoms with E-state index in [2.05, 4.69) is 5.32 Å². The lowest BCUT2D eigenvalue weighted by Crippen LogP contribution is -2.36. The lowest BCUT2D eigenvalue weighted by molar-refractivity contribution is -0.255. The molecule has 1 aromatic heterocycles. The first-order chi connectivity index (χ1) is 12.7. The van der Waals surface area contributed by atoms with Crippen molar-refractivity contribution in [1.82, 2.24) is 9.88 Å². The number of hydrogen-bond acceptors (Lipinski definition) is 4. The van der Waals surface area contributed by atoms with E-state index in [0.717, 1.165) is 6.07 Å². The van der Waals surface area contributed by atoms with Gasteiger partial charge in [-0.3, -0.25) is 0 Å². The van der Waals surface area contributed by atoms with Crippen LogP contribution >= 0.6 is 0 Å². The number of alkyl halides is 3. The molecule has 1 atom stereocenters. The van der Waals surface area contributed by atoms with Crippen LogP contribution in [0.15, 0.2) is 18.2 Å². The van der Waals surface area contributed by atoms with Gasteiger partial charge in [0.25, 0.3) is 0 Å². The third kappa shape index (κ3) is 4.76. The topological polar surface area (TPSA) is 83.4 Å². The van der Waals surface area contributed by atoms with Crippen molar-refractivity contribution in [2.45, 2.75) is 52.4 Å². The van der Waals surface area contributed by atoms with Crippen LogP contribution in [0.4, 0.5) is 18.0 Å². The third-order valence-electron chi connectivity index (χ3n) is 4.08. The molecular formula is C19H22F3N2O4-. The molecule has 28 heavy (non-hydrogen) atoms. The summed E-state index contributed by atoms with van der Waals surface area (Å²) in [6, 6.07) is 2.81. The molecule has 0 saturated carbocycles. The van der Waals surface area contributed by atoms with Gasteiger partial charge in [-0.25, -0.2) is 4.79 Å². The number of rotatable bonds is 4. The predicted molar refractivity (Wildman–Crippen MR) is 95.0 cm³/mol. The minimum Gasteiger partial charge on any atom is -0.543 e. The summed E-state index contributed by atoms with van der Waals surface area (Å²) in [6.45, 7) is 7.90. The first-order valence-electron chi connectivity index (χ1n) is 8.61. The predicted octanol–water partition coefficient (Wildman–Crippen LogP) is 3.42. The number of fused-ring (bicyclic) bond motifs is 1. The maximum Gasteiger partial charge on any atom is 0.416 e. The zero-order chi connectivity index (χ0) is 21.4. The van der Waals surface area contributed by atoms with Crippen LogP contribution in [0.1, 0.15) is 55.4 Å². The number of aromatic nitrogens is 1. The van der Waals surface area contributed by atoms with Crippen molar-refractivity contribution in [2.24, 2.45) is 0 Å². The van der Waals surface area contributed by atoms with E-state index in [9.17, 15) is 27.9 Å². The van der Waals surface area contributed by atoms with Crippen LogP contribution < -0.4 is 10.4 Å². The second kappa shape index (κ2) is 7.37. The third-order valence-corrected chi connectivity index (χ3v) is 4.08. The molecule has 0 aliphatic carbocycles. The average molecular weight is 399 g/mol. The summed E-state index contributed by atoms with van der Waals surface area (Å²) >= 11 is 0. The van der Waals surface area contributed by atoms with Crippen molar-refractivity contribution in [1.29, 1.82) is 0 Å². The van der Waals surface area contributed by atoms with E-state index in [-0.39, 0.29) is 23.3 Å². The average Bonchev–Trinajstić information content (AvgIpc) is 2.87. The Morgan fingerprint density at radius 1 is 1.21 bits per heavy atom. The summed E-state index contributed by atoms with van der Waals surface area (Å²) in [5.74, 6) is -1.52. The molecule has 0 spiro atoms. The number of carbonyl (C=O) groups excluding carboxylic acids is 2.